The standard InChI is InChI=1S/C18H28N2O/c1-21-16-8-9-17-14(13-16)5-4-7-18(17)20-12-3-2-6-15(20)10-11-19/h8-9,13,15,18H,2-7,10-12,19H2,1H3. The molecule has 1 aliphatic heterocycles. The lowest BCUT2D eigenvalue weighted by Crippen LogP contribution is -2.44. The zero-order valence-corrected chi connectivity index (χ0v) is 13.2. The smallest absolute Gasteiger partial charge is 0.119 e. The summed E-state index contributed by atoms with van der Waals surface area (Å²) in [4.78, 5) is 2.75. The molecule has 1 heterocycles. The molecule has 0 radical (unpaired) electrons. The Balaban J connectivity index is 1.86. The topological polar surface area (TPSA) is 38.5 Å². The predicted octanol–water partition coefficient (Wildman–Crippen LogP) is 3.28. The van der Waals surface area contributed by atoms with Gasteiger partial charge in [-0.25, -0.2) is 0 Å². The quantitative estimate of drug-likeness (QED) is 0.924. The number of ether oxygens (including phenoxy) is 1. The van der Waals surface area contributed by atoms with Gasteiger partial charge in [-0.1, -0.05) is 12.5 Å². The van der Waals surface area contributed by atoms with E-state index in [-0.39, 0.29) is 0 Å². The number of benzene rings is 1. The molecule has 3 rings (SSSR count). The zero-order valence-electron chi connectivity index (χ0n) is 13.2. The Bertz CT molecular complexity index is 472. The first-order chi connectivity index (χ1) is 10.3. The summed E-state index contributed by atoms with van der Waals surface area (Å²) in [6.07, 6.45) is 8.93. The van der Waals surface area contributed by atoms with Gasteiger partial charge < -0.3 is 10.5 Å². The number of likely N-dealkylation sites (tertiary alicyclic amines) is 1. The van der Waals surface area contributed by atoms with Crippen LogP contribution < -0.4 is 10.5 Å². The van der Waals surface area contributed by atoms with E-state index >= 15 is 0 Å². The van der Waals surface area contributed by atoms with Crippen LogP contribution in [0, 0.1) is 0 Å². The fourth-order valence-corrected chi connectivity index (χ4v) is 4.17. The second kappa shape index (κ2) is 6.80. The maximum Gasteiger partial charge on any atom is 0.119 e. The van der Waals surface area contributed by atoms with Gasteiger partial charge in [-0.15, -0.1) is 0 Å². The normalized spacial score (nSPS) is 26.4. The Labute approximate surface area is 128 Å². The number of hydrogen-bond donors (Lipinski definition) is 1. The molecular formula is C18H28N2O. The highest BCUT2D eigenvalue weighted by Crippen LogP contribution is 2.39. The van der Waals surface area contributed by atoms with Gasteiger partial charge in [-0.3, -0.25) is 4.90 Å². The SMILES string of the molecule is COc1ccc2c(c1)CCCC2N1CCCCC1CCN. The van der Waals surface area contributed by atoms with Crippen LogP contribution in [0.4, 0.5) is 0 Å². The monoisotopic (exact) mass is 288 g/mol. The molecule has 0 bridgehead atoms. The van der Waals surface area contributed by atoms with E-state index in [0.29, 0.717) is 12.1 Å². The van der Waals surface area contributed by atoms with E-state index in [4.69, 9.17) is 10.5 Å². The summed E-state index contributed by atoms with van der Waals surface area (Å²) in [7, 11) is 1.75. The average Bonchev–Trinajstić information content (AvgIpc) is 2.54. The molecule has 0 amide bonds. The van der Waals surface area contributed by atoms with Gasteiger partial charge in [0.25, 0.3) is 0 Å². The number of fused-ring (bicyclic) bond motifs is 1. The molecule has 0 spiro atoms. The van der Waals surface area contributed by atoms with Crippen molar-refractivity contribution in [3.8, 4) is 5.75 Å². The fraction of sp³-hybridized carbons (Fsp3) is 0.667. The van der Waals surface area contributed by atoms with Crippen LogP contribution in [0.5, 0.6) is 5.75 Å². The largest absolute Gasteiger partial charge is 0.497 e. The molecule has 1 aromatic carbocycles. The minimum absolute atomic E-state index is 0.594. The van der Waals surface area contributed by atoms with Gasteiger partial charge in [0.15, 0.2) is 0 Å². The summed E-state index contributed by atoms with van der Waals surface area (Å²) in [5, 5.41) is 0. The first-order valence-electron chi connectivity index (χ1n) is 8.46. The summed E-state index contributed by atoms with van der Waals surface area (Å²) in [5.41, 5.74) is 8.86. The van der Waals surface area contributed by atoms with E-state index in [1.165, 1.54) is 56.2 Å². The molecule has 2 atom stereocenters. The van der Waals surface area contributed by atoms with E-state index in [2.05, 4.69) is 23.1 Å². The molecule has 1 aromatic rings. The van der Waals surface area contributed by atoms with E-state index in [0.717, 1.165) is 18.7 Å². The first kappa shape index (κ1) is 14.9. The fourth-order valence-electron chi connectivity index (χ4n) is 4.17. The Morgan fingerprint density at radius 2 is 2.14 bits per heavy atom. The van der Waals surface area contributed by atoms with Gasteiger partial charge in [0, 0.05) is 12.1 Å². The Kier molecular flexibility index (Phi) is 4.81. The molecule has 0 aromatic heterocycles. The summed E-state index contributed by atoms with van der Waals surface area (Å²) in [6, 6.07) is 7.94. The molecule has 0 saturated carbocycles. The highest BCUT2D eigenvalue weighted by molar-refractivity contribution is 5.39. The zero-order chi connectivity index (χ0) is 14.7. The second-order valence-electron chi connectivity index (χ2n) is 6.44. The lowest BCUT2D eigenvalue weighted by atomic mass is 9.84. The third-order valence-electron chi connectivity index (χ3n) is 5.21. The maximum absolute atomic E-state index is 5.84. The van der Waals surface area contributed by atoms with E-state index in [9.17, 15) is 0 Å². The Morgan fingerprint density at radius 1 is 1.24 bits per heavy atom. The molecule has 21 heavy (non-hydrogen) atoms. The third kappa shape index (κ3) is 3.09. The van der Waals surface area contributed by atoms with Crippen molar-refractivity contribution in [2.75, 3.05) is 20.2 Å². The van der Waals surface area contributed by atoms with E-state index < -0.39 is 0 Å². The molecule has 116 valence electrons. The van der Waals surface area contributed by atoms with Crippen LogP contribution in [-0.4, -0.2) is 31.1 Å². The van der Waals surface area contributed by atoms with Gasteiger partial charge in [-0.2, -0.15) is 0 Å². The number of rotatable bonds is 4. The molecule has 1 saturated heterocycles. The molecule has 1 fully saturated rings. The Hall–Kier alpha value is -1.06. The number of nitrogens with two attached hydrogens (primary N) is 1. The number of nitrogens with zero attached hydrogens (tertiary/aromatic N) is 1. The van der Waals surface area contributed by atoms with Crippen LogP contribution in [0.3, 0.4) is 0 Å². The van der Waals surface area contributed by atoms with Crippen LogP contribution in [0.25, 0.3) is 0 Å². The van der Waals surface area contributed by atoms with Crippen molar-refractivity contribution in [1.29, 1.82) is 0 Å². The van der Waals surface area contributed by atoms with Gasteiger partial charge in [0.1, 0.15) is 5.75 Å². The van der Waals surface area contributed by atoms with E-state index in [1.807, 2.05) is 0 Å². The van der Waals surface area contributed by atoms with Gasteiger partial charge in [-0.05, 0) is 74.9 Å². The minimum atomic E-state index is 0.594. The molecular weight excluding hydrogens is 260 g/mol. The van der Waals surface area contributed by atoms with Crippen LogP contribution in [-0.2, 0) is 6.42 Å². The molecule has 2 unspecified atom stereocenters. The number of methoxy groups -OCH3 is 1. The summed E-state index contributed by atoms with van der Waals surface area (Å²) in [5.74, 6) is 0.992. The molecule has 1 aliphatic carbocycles. The van der Waals surface area contributed by atoms with Crippen molar-refractivity contribution >= 4 is 0 Å². The second-order valence-corrected chi connectivity index (χ2v) is 6.44. The van der Waals surface area contributed by atoms with Crippen molar-refractivity contribution in [3.05, 3.63) is 29.3 Å². The van der Waals surface area contributed by atoms with Crippen LogP contribution in [0.2, 0.25) is 0 Å². The predicted molar refractivity (Wildman–Crippen MR) is 86.7 cm³/mol. The summed E-state index contributed by atoms with van der Waals surface area (Å²) in [6.45, 7) is 2.05. The summed E-state index contributed by atoms with van der Waals surface area (Å²) >= 11 is 0. The van der Waals surface area contributed by atoms with Crippen molar-refractivity contribution in [2.45, 2.75) is 57.0 Å². The van der Waals surface area contributed by atoms with Crippen molar-refractivity contribution in [2.24, 2.45) is 5.73 Å². The van der Waals surface area contributed by atoms with Crippen molar-refractivity contribution < 1.29 is 4.74 Å². The van der Waals surface area contributed by atoms with Crippen LogP contribution in [0.15, 0.2) is 18.2 Å². The maximum atomic E-state index is 5.84. The molecule has 2 N–H and O–H groups in total. The average molecular weight is 288 g/mol. The third-order valence-corrected chi connectivity index (χ3v) is 5.21. The lowest BCUT2D eigenvalue weighted by molar-refractivity contribution is 0.0799. The van der Waals surface area contributed by atoms with Crippen molar-refractivity contribution in [1.82, 2.24) is 4.90 Å². The molecule has 3 nitrogen and oxygen atoms in total. The minimum Gasteiger partial charge on any atom is -0.497 e. The Morgan fingerprint density at radius 3 is 2.95 bits per heavy atom. The van der Waals surface area contributed by atoms with Gasteiger partial charge >= 0.3 is 0 Å². The number of hydrogen-bond acceptors (Lipinski definition) is 3. The van der Waals surface area contributed by atoms with E-state index in [1.54, 1.807) is 7.11 Å². The van der Waals surface area contributed by atoms with Crippen molar-refractivity contribution in [3.63, 3.8) is 0 Å². The highest BCUT2D eigenvalue weighted by atomic mass is 16.5. The van der Waals surface area contributed by atoms with Gasteiger partial charge in [0.05, 0.1) is 7.11 Å². The molecule has 2 aliphatic rings. The van der Waals surface area contributed by atoms with Crippen LogP contribution in [0.1, 0.15) is 55.7 Å². The number of piperidine rings is 1. The van der Waals surface area contributed by atoms with Gasteiger partial charge in [0.2, 0.25) is 0 Å². The first-order valence-corrected chi connectivity index (χ1v) is 8.46. The molecule has 3 heteroatoms. The highest BCUT2D eigenvalue weighted by Gasteiger charge is 2.32. The lowest BCUT2D eigenvalue weighted by Gasteiger charge is -2.43. The van der Waals surface area contributed by atoms with Crippen LogP contribution >= 0.6 is 0 Å². The number of aryl methyl sites for hydroxylation is 1. The summed E-state index contributed by atoms with van der Waals surface area (Å²) < 4.78 is 5.39.